The molecule has 4 rings (SSSR count). The minimum atomic E-state index is -1.20. The van der Waals surface area contributed by atoms with Crippen molar-refractivity contribution in [2.75, 3.05) is 0 Å². The maximum absolute atomic E-state index is 12.1. The smallest absolute Gasteiger partial charge is 0.156 e. The van der Waals surface area contributed by atoms with Gasteiger partial charge in [0.05, 0.1) is 17.6 Å². The summed E-state index contributed by atoms with van der Waals surface area (Å²) in [6, 6.07) is 4.82. The Morgan fingerprint density at radius 1 is 0.960 bits per heavy atom. The molecule has 4 fully saturated rings. The first-order valence-corrected chi connectivity index (χ1v) is 9.82. The van der Waals surface area contributed by atoms with Crippen LogP contribution in [0, 0.1) is 56.7 Å². The van der Waals surface area contributed by atoms with Gasteiger partial charge >= 0.3 is 0 Å². The van der Waals surface area contributed by atoms with Crippen LogP contribution in [0.2, 0.25) is 0 Å². The van der Waals surface area contributed by atoms with E-state index in [0.29, 0.717) is 37.0 Å². The van der Waals surface area contributed by atoms with Crippen molar-refractivity contribution in [2.45, 2.75) is 77.2 Å². The molecule has 4 saturated carbocycles. The van der Waals surface area contributed by atoms with Gasteiger partial charge in [0.2, 0.25) is 0 Å². The van der Waals surface area contributed by atoms with Crippen LogP contribution in [0.15, 0.2) is 0 Å². The Kier molecular flexibility index (Phi) is 3.46. The highest BCUT2D eigenvalue weighted by molar-refractivity contribution is 5.81. The van der Waals surface area contributed by atoms with Gasteiger partial charge in [0.25, 0.3) is 0 Å². The fourth-order valence-corrected chi connectivity index (χ4v) is 7.50. The van der Waals surface area contributed by atoms with Crippen LogP contribution in [0.1, 0.15) is 71.6 Å². The number of fused-ring (bicyclic) bond motifs is 5. The van der Waals surface area contributed by atoms with Crippen LogP contribution in [-0.2, 0) is 4.79 Å². The average molecular weight is 340 g/mol. The number of nitriles is 2. The predicted octanol–water partition coefficient (Wildman–Crippen LogP) is 3.75. The molecule has 4 nitrogen and oxygen atoms in total. The lowest BCUT2D eigenvalue weighted by Gasteiger charge is -2.63. The molecule has 4 aliphatic rings. The van der Waals surface area contributed by atoms with Gasteiger partial charge in [0.15, 0.2) is 5.60 Å². The Labute approximate surface area is 150 Å². The number of nitrogens with zero attached hydrogens (tertiary/aromatic N) is 2. The van der Waals surface area contributed by atoms with Gasteiger partial charge in [0.1, 0.15) is 5.78 Å². The number of carbonyl (C=O) groups is 1. The molecule has 0 saturated heterocycles. The van der Waals surface area contributed by atoms with E-state index in [0.717, 1.165) is 38.5 Å². The lowest BCUT2D eigenvalue weighted by Crippen LogP contribution is -2.59. The monoisotopic (exact) mass is 340 g/mol. The molecule has 0 unspecified atom stereocenters. The van der Waals surface area contributed by atoms with E-state index in [9.17, 15) is 20.4 Å². The van der Waals surface area contributed by atoms with Crippen LogP contribution in [0.3, 0.4) is 0 Å². The van der Waals surface area contributed by atoms with Crippen LogP contribution in [0.25, 0.3) is 0 Å². The van der Waals surface area contributed by atoms with Crippen molar-refractivity contribution in [1.29, 1.82) is 10.5 Å². The minimum absolute atomic E-state index is 0.104. The van der Waals surface area contributed by atoms with Crippen LogP contribution in [-0.4, -0.2) is 16.5 Å². The number of hydrogen-bond acceptors (Lipinski definition) is 4. The van der Waals surface area contributed by atoms with Gasteiger partial charge in [-0.1, -0.05) is 13.8 Å². The highest BCUT2D eigenvalue weighted by Crippen LogP contribution is 2.70. The fourth-order valence-electron chi connectivity index (χ4n) is 7.50. The summed E-state index contributed by atoms with van der Waals surface area (Å²) in [6.45, 7) is 4.37. The van der Waals surface area contributed by atoms with Crippen molar-refractivity contribution in [2.24, 2.45) is 34.0 Å². The molecule has 7 atom stereocenters. The molecule has 0 aromatic carbocycles. The third-order valence-electron chi connectivity index (χ3n) is 9.23. The number of ketones is 1. The Bertz CT molecular complexity index is 706. The quantitative estimate of drug-likeness (QED) is 0.681. The zero-order valence-corrected chi connectivity index (χ0v) is 15.3. The zero-order valence-electron chi connectivity index (χ0n) is 15.3. The molecular weight excluding hydrogens is 312 g/mol. The van der Waals surface area contributed by atoms with Crippen LogP contribution >= 0.6 is 0 Å². The summed E-state index contributed by atoms with van der Waals surface area (Å²) in [5.74, 6) is 1.52. The van der Waals surface area contributed by atoms with Crippen molar-refractivity contribution in [3.05, 3.63) is 0 Å². The molecule has 0 bridgehead atoms. The molecule has 0 heterocycles. The summed E-state index contributed by atoms with van der Waals surface area (Å²) in [7, 11) is 0. The topological polar surface area (TPSA) is 84.9 Å². The summed E-state index contributed by atoms with van der Waals surface area (Å²) in [4.78, 5) is 12.1. The molecule has 0 aromatic rings. The van der Waals surface area contributed by atoms with Crippen LogP contribution < -0.4 is 0 Å². The molecular formula is C21H28N2O2. The molecule has 0 radical (unpaired) electrons. The first-order valence-electron chi connectivity index (χ1n) is 9.82. The number of carbonyl (C=O) groups excluding carboxylic acids is 1. The molecule has 4 heteroatoms. The number of Topliss-reactive ketones (excluding diaryl/α,β-unsaturated/α-hetero) is 1. The van der Waals surface area contributed by atoms with Crippen molar-refractivity contribution < 1.29 is 9.90 Å². The second kappa shape index (κ2) is 5.08. The largest absolute Gasteiger partial charge is 0.375 e. The highest BCUT2D eigenvalue weighted by atomic mass is 16.3. The van der Waals surface area contributed by atoms with Crippen molar-refractivity contribution in [1.82, 2.24) is 0 Å². The van der Waals surface area contributed by atoms with E-state index < -0.39 is 11.0 Å². The molecule has 1 N–H and O–H groups in total. The van der Waals surface area contributed by atoms with Crippen LogP contribution in [0.4, 0.5) is 0 Å². The van der Waals surface area contributed by atoms with Crippen molar-refractivity contribution in [3.63, 3.8) is 0 Å². The van der Waals surface area contributed by atoms with Gasteiger partial charge in [-0.05, 0) is 68.1 Å². The van der Waals surface area contributed by atoms with Gasteiger partial charge in [-0.2, -0.15) is 10.5 Å². The second-order valence-corrected chi connectivity index (χ2v) is 9.71. The van der Waals surface area contributed by atoms with E-state index in [2.05, 4.69) is 26.0 Å². The Morgan fingerprint density at radius 2 is 1.64 bits per heavy atom. The molecule has 0 amide bonds. The lowest BCUT2D eigenvalue weighted by atomic mass is 9.40. The standard InChI is InChI=1S/C21H28N2O2/c1-18-7-3-14(24)11-20(18,12-22)9-4-15-16(18)5-8-19(2)17(15)6-10-21(19,25)13-23/h15-17,25H,3-11H2,1-2H3/t15-,16+,17+,18+,19-,20+,21+/m0/s1. The van der Waals surface area contributed by atoms with Crippen LogP contribution in [0.5, 0.6) is 0 Å². The first kappa shape index (κ1) is 17.0. The average Bonchev–Trinajstić information content (AvgIpc) is 2.87. The van der Waals surface area contributed by atoms with E-state index in [4.69, 9.17) is 0 Å². The maximum atomic E-state index is 12.1. The Balaban J connectivity index is 1.72. The zero-order chi connectivity index (χ0) is 18.1. The highest BCUT2D eigenvalue weighted by Gasteiger charge is 2.68. The predicted molar refractivity (Wildman–Crippen MR) is 91.9 cm³/mol. The lowest BCUT2D eigenvalue weighted by molar-refractivity contribution is -0.161. The summed E-state index contributed by atoms with van der Waals surface area (Å²) < 4.78 is 0. The third kappa shape index (κ3) is 1.87. The molecule has 0 aromatic heterocycles. The summed E-state index contributed by atoms with van der Waals surface area (Å²) in [5, 5.41) is 30.5. The molecule has 0 aliphatic heterocycles. The van der Waals surface area contributed by atoms with Gasteiger partial charge in [-0.3, -0.25) is 4.79 Å². The van der Waals surface area contributed by atoms with E-state index in [1.807, 2.05) is 0 Å². The Hall–Kier alpha value is -1.39. The van der Waals surface area contributed by atoms with Crippen molar-refractivity contribution in [3.8, 4) is 12.1 Å². The molecule has 134 valence electrons. The SMILES string of the molecule is C[C@]12CC[C@@H]3[C@H](CC[C@]4(C#N)CC(=O)CC[C@]34C)[C@H]1CC[C@@]2(O)C#N. The summed E-state index contributed by atoms with van der Waals surface area (Å²) in [6.07, 6.45) is 6.92. The van der Waals surface area contributed by atoms with Gasteiger partial charge < -0.3 is 5.11 Å². The molecule has 0 spiro atoms. The summed E-state index contributed by atoms with van der Waals surface area (Å²) in [5.41, 5.74) is -2.12. The van der Waals surface area contributed by atoms with E-state index in [1.165, 1.54) is 0 Å². The maximum Gasteiger partial charge on any atom is 0.156 e. The van der Waals surface area contributed by atoms with E-state index in [-0.39, 0.29) is 16.6 Å². The molecule has 4 aliphatic carbocycles. The van der Waals surface area contributed by atoms with Gasteiger partial charge in [-0.25, -0.2) is 0 Å². The number of aliphatic hydroxyl groups is 1. The number of rotatable bonds is 0. The Morgan fingerprint density at radius 3 is 2.32 bits per heavy atom. The van der Waals surface area contributed by atoms with Crippen molar-refractivity contribution >= 4 is 5.78 Å². The van der Waals surface area contributed by atoms with Gasteiger partial charge in [-0.15, -0.1) is 0 Å². The van der Waals surface area contributed by atoms with E-state index in [1.54, 1.807) is 0 Å². The number of hydrogen-bond donors (Lipinski definition) is 1. The van der Waals surface area contributed by atoms with E-state index >= 15 is 0 Å². The fraction of sp³-hybridized carbons (Fsp3) is 0.857. The summed E-state index contributed by atoms with van der Waals surface area (Å²) >= 11 is 0. The first-order chi connectivity index (χ1) is 11.8. The minimum Gasteiger partial charge on any atom is -0.375 e. The third-order valence-corrected chi connectivity index (χ3v) is 9.23. The van der Waals surface area contributed by atoms with Gasteiger partial charge in [0, 0.05) is 18.3 Å². The second-order valence-electron chi connectivity index (χ2n) is 9.71. The molecule has 25 heavy (non-hydrogen) atoms. The normalized spacial score (nSPS) is 54.6.